The van der Waals surface area contributed by atoms with Gasteiger partial charge in [-0.25, -0.2) is 4.79 Å². The molecule has 4 nitrogen and oxygen atoms in total. The van der Waals surface area contributed by atoms with E-state index in [9.17, 15) is 4.79 Å². The Balaban J connectivity index is 2.62. The van der Waals surface area contributed by atoms with Crippen LogP contribution in [0, 0.1) is 0 Å². The topological polar surface area (TPSA) is 53.7 Å². The number of unbranched alkanes of at least 4 members (excludes halogenated alkanes) is 1. The molecule has 16 heavy (non-hydrogen) atoms. The van der Waals surface area contributed by atoms with Crippen molar-refractivity contribution in [2.24, 2.45) is 0 Å². The number of carboxylic acids is 1. The van der Waals surface area contributed by atoms with Gasteiger partial charge in [-0.2, -0.15) is 0 Å². The molecule has 1 aromatic heterocycles. The molecule has 0 radical (unpaired) electrons. The van der Waals surface area contributed by atoms with E-state index in [2.05, 4.69) is 18.7 Å². The van der Waals surface area contributed by atoms with Crippen molar-refractivity contribution in [3.05, 3.63) is 23.7 Å². The first-order valence-electron chi connectivity index (χ1n) is 5.71. The van der Waals surface area contributed by atoms with Crippen LogP contribution in [0.1, 0.15) is 42.8 Å². The van der Waals surface area contributed by atoms with Crippen LogP contribution >= 0.6 is 0 Å². The molecule has 0 atom stereocenters. The lowest BCUT2D eigenvalue weighted by atomic mass is 10.2. The average Bonchev–Trinajstić information content (AvgIpc) is 2.72. The van der Waals surface area contributed by atoms with Crippen molar-refractivity contribution in [2.45, 2.75) is 33.2 Å². The molecule has 0 aliphatic carbocycles. The SMILES string of the molecule is CCCCN(CC)Cc1ccoc1C(=O)O. The zero-order valence-electron chi connectivity index (χ0n) is 9.90. The first-order valence-corrected chi connectivity index (χ1v) is 5.71. The average molecular weight is 225 g/mol. The zero-order valence-corrected chi connectivity index (χ0v) is 9.90. The number of aromatic carboxylic acids is 1. The molecule has 0 unspecified atom stereocenters. The van der Waals surface area contributed by atoms with Crippen LogP contribution in [-0.2, 0) is 6.54 Å². The maximum atomic E-state index is 10.9. The van der Waals surface area contributed by atoms with Gasteiger partial charge in [0.15, 0.2) is 0 Å². The molecule has 0 bridgehead atoms. The highest BCUT2D eigenvalue weighted by atomic mass is 16.4. The smallest absolute Gasteiger partial charge is 0.372 e. The predicted molar refractivity (Wildman–Crippen MR) is 61.5 cm³/mol. The highest BCUT2D eigenvalue weighted by Gasteiger charge is 2.15. The van der Waals surface area contributed by atoms with E-state index in [-0.39, 0.29) is 5.76 Å². The summed E-state index contributed by atoms with van der Waals surface area (Å²) in [5.74, 6) is -0.929. The van der Waals surface area contributed by atoms with E-state index in [1.54, 1.807) is 6.07 Å². The van der Waals surface area contributed by atoms with E-state index in [4.69, 9.17) is 9.52 Å². The molecule has 1 heterocycles. The fraction of sp³-hybridized carbons (Fsp3) is 0.583. The summed E-state index contributed by atoms with van der Waals surface area (Å²) in [4.78, 5) is 13.1. The standard InChI is InChI=1S/C12H19NO3/c1-3-5-7-13(4-2)9-10-6-8-16-11(10)12(14)15/h6,8H,3-5,7,9H2,1-2H3,(H,14,15). The first-order chi connectivity index (χ1) is 7.69. The number of furan rings is 1. The highest BCUT2D eigenvalue weighted by Crippen LogP contribution is 2.13. The third-order valence-corrected chi connectivity index (χ3v) is 2.61. The van der Waals surface area contributed by atoms with Gasteiger partial charge in [-0.3, -0.25) is 4.90 Å². The minimum absolute atomic E-state index is 0.0648. The second-order valence-electron chi connectivity index (χ2n) is 3.80. The van der Waals surface area contributed by atoms with Gasteiger partial charge in [-0.1, -0.05) is 20.3 Å². The Morgan fingerprint density at radius 2 is 2.25 bits per heavy atom. The molecule has 0 amide bonds. The van der Waals surface area contributed by atoms with Crippen LogP contribution < -0.4 is 0 Å². The molecule has 4 heteroatoms. The summed E-state index contributed by atoms with van der Waals surface area (Å²) in [5.41, 5.74) is 0.755. The molecule has 0 saturated carbocycles. The molecular weight excluding hydrogens is 206 g/mol. The van der Waals surface area contributed by atoms with Gasteiger partial charge < -0.3 is 9.52 Å². The molecule has 0 aromatic carbocycles. The molecule has 90 valence electrons. The summed E-state index contributed by atoms with van der Waals surface area (Å²) in [7, 11) is 0. The van der Waals surface area contributed by atoms with Gasteiger partial charge >= 0.3 is 5.97 Å². The van der Waals surface area contributed by atoms with Crippen molar-refractivity contribution in [1.29, 1.82) is 0 Å². The molecular formula is C12H19NO3. The second kappa shape index (κ2) is 6.33. The Kier molecular flexibility index (Phi) is 5.05. The Bertz CT molecular complexity index is 333. The van der Waals surface area contributed by atoms with Gasteiger partial charge in [0.25, 0.3) is 0 Å². The van der Waals surface area contributed by atoms with Gasteiger partial charge in [0, 0.05) is 12.1 Å². The Morgan fingerprint density at radius 1 is 1.50 bits per heavy atom. The van der Waals surface area contributed by atoms with Crippen molar-refractivity contribution in [3.63, 3.8) is 0 Å². The molecule has 0 spiro atoms. The molecule has 0 aliphatic heterocycles. The monoisotopic (exact) mass is 225 g/mol. The van der Waals surface area contributed by atoms with Crippen molar-refractivity contribution in [2.75, 3.05) is 13.1 Å². The van der Waals surface area contributed by atoms with E-state index in [0.29, 0.717) is 6.54 Å². The number of carboxylic acid groups (broad SMARTS) is 1. The van der Waals surface area contributed by atoms with E-state index < -0.39 is 5.97 Å². The second-order valence-corrected chi connectivity index (χ2v) is 3.80. The fourth-order valence-electron chi connectivity index (χ4n) is 1.62. The number of carbonyl (C=O) groups is 1. The Labute approximate surface area is 95.9 Å². The third kappa shape index (κ3) is 3.38. The van der Waals surface area contributed by atoms with Crippen LogP contribution in [0.4, 0.5) is 0 Å². The fourth-order valence-corrected chi connectivity index (χ4v) is 1.62. The van der Waals surface area contributed by atoms with Crippen molar-refractivity contribution in [3.8, 4) is 0 Å². The Hall–Kier alpha value is -1.29. The minimum atomic E-state index is -0.994. The van der Waals surface area contributed by atoms with Crippen LogP contribution in [0.2, 0.25) is 0 Å². The molecule has 0 aliphatic rings. The maximum Gasteiger partial charge on any atom is 0.372 e. The van der Waals surface area contributed by atoms with Crippen molar-refractivity contribution in [1.82, 2.24) is 4.90 Å². The van der Waals surface area contributed by atoms with Crippen LogP contribution in [0.3, 0.4) is 0 Å². The number of hydrogen-bond acceptors (Lipinski definition) is 3. The number of nitrogens with zero attached hydrogens (tertiary/aromatic N) is 1. The number of hydrogen-bond donors (Lipinski definition) is 1. The van der Waals surface area contributed by atoms with Crippen molar-refractivity contribution >= 4 is 5.97 Å². The van der Waals surface area contributed by atoms with E-state index in [1.165, 1.54) is 6.26 Å². The van der Waals surface area contributed by atoms with Gasteiger partial charge in [0.2, 0.25) is 5.76 Å². The van der Waals surface area contributed by atoms with Crippen molar-refractivity contribution < 1.29 is 14.3 Å². The third-order valence-electron chi connectivity index (χ3n) is 2.61. The highest BCUT2D eigenvalue weighted by molar-refractivity contribution is 5.86. The molecule has 1 aromatic rings. The predicted octanol–water partition coefficient (Wildman–Crippen LogP) is 2.60. The summed E-state index contributed by atoms with van der Waals surface area (Å²) in [6.07, 6.45) is 3.72. The van der Waals surface area contributed by atoms with Gasteiger partial charge in [0.05, 0.1) is 6.26 Å². The largest absolute Gasteiger partial charge is 0.475 e. The van der Waals surface area contributed by atoms with Gasteiger partial charge in [-0.05, 0) is 25.6 Å². The summed E-state index contributed by atoms with van der Waals surface area (Å²) in [6.45, 7) is 6.79. The van der Waals surface area contributed by atoms with Crippen LogP contribution in [0.5, 0.6) is 0 Å². The van der Waals surface area contributed by atoms with E-state index in [1.807, 2.05) is 0 Å². The van der Waals surface area contributed by atoms with Gasteiger partial charge in [0.1, 0.15) is 0 Å². The lowest BCUT2D eigenvalue weighted by Crippen LogP contribution is -2.24. The van der Waals surface area contributed by atoms with Crippen LogP contribution in [-0.4, -0.2) is 29.1 Å². The normalized spacial score (nSPS) is 10.9. The van der Waals surface area contributed by atoms with Crippen LogP contribution in [0.25, 0.3) is 0 Å². The van der Waals surface area contributed by atoms with Gasteiger partial charge in [-0.15, -0.1) is 0 Å². The quantitative estimate of drug-likeness (QED) is 0.775. The van der Waals surface area contributed by atoms with E-state index in [0.717, 1.165) is 31.5 Å². The summed E-state index contributed by atoms with van der Waals surface area (Å²) in [5, 5.41) is 8.90. The molecule has 0 fully saturated rings. The molecule has 1 rings (SSSR count). The van der Waals surface area contributed by atoms with Crippen LogP contribution in [0.15, 0.2) is 16.7 Å². The minimum Gasteiger partial charge on any atom is -0.475 e. The molecule has 0 saturated heterocycles. The summed E-state index contributed by atoms with van der Waals surface area (Å²) < 4.78 is 4.95. The van der Waals surface area contributed by atoms with E-state index >= 15 is 0 Å². The summed E-state index contributed by atoms with van der Waals surface area (Å²) in [6, 6.07) is 1.73. The lowest BCUT2D eigenvalue weighted by Gasteiger charge is -2.19. The Morgan fingerprint density at radius 3 is 2.81 bits per heavy atom. The molecule has 1 N–H and O–H groups in total. The lowest BCUT2D eigenvalue weighted by molar-refractivity contribution is 0.0659. The zero-order chi connectivity index (χ0) is 12.0. The summed E-state index contributed by atoms with van der Waals surface area (Å²) >= 11 is 0. The maximum absolute atomic E-state index is 10.9. The first kappa shape index (κ1) is 12.8. The number of rotatable bonds is 7.